The molecule has 600 valence electrons. The summed E-state index contributed by atoms with van der Waals surface area (Å²) in [6, 6.07) is 0. The molecule has 0 rings (SSSR count). The smallest absolute Gasteiger partial charge is 0.462 e. The average molecular weight is 1480 g/mol. The van der Waals surface area contributed by atoms with Crippen LogP contribution in [0.1, 0.15) is 433 Å². The maximum Gasteiger partial charge on any atom is 0.472 e. The summed E-state index contributed by atoms with van der Waals surface area (Å²) in [5, 5.41) is 10.7. The largest absolute Gasteiger partial charge is 0.472 e. The van der Waals surface area contributed by atoms with Crippen molar-refractivity contribution in [1.29, 1.82) is 0 Å². The molecule has 5 atom stereocenters. The summed E-state index contributed by atoms with van der Waals surface area (Å²) in [5.41, 5.74) is 0. The summed E-state index contributed by atoms with van der Waals surface area (Å²) in [7, 11) is -9.92. The Balaban J connectivity index is 5.25. The number of aliphatic hydroxyl groups is 1. The summed E-state index contributed by atoms with van der Waals surface area (Å²) in [5.74, 6) is -0.589. The highest BCUT2D eigenvalue weighted by molar-refractivity contribution is 7.47. The minimum absolute atomic E-state index is 0.108. The molecule has 0 amide bonds. The molecule has 17 nitrogen and oxygen atoms in total. The summed E-state index contributed by atoms with van der Waals surface area (Å²) >= 11 is 0. The molecule has 19 heteroatoms. The van der Waals surface area contributed by atoms with Gasteiger partial charge in [-0.1, -0.05) is 382 Å². The molecule has 0 aliphatic rings. The molecule has 0 bridgehead atoms. The fraction of sp³-hybridized carbons (Fsp3) is 0.951. The summed E-state index contributed by atoms with van der Waals surface area (Å²) in [6.45, 7) is 9.63. The molecule has 0 aromatic heterocycles. The lowest BCUT2D eigenvalue weighted by atomic mass is 10.0. The van der Waals surface area contributed by atoms with Gasteiger partial charge in [-0.3, -0.25) is 37.3 Å². The molecule has 0 spiro atoms. The molecule has 0 saturated heterocycles. The van der Waals surface area contributed by atoms with Gasteiger partial charge >= 0.3 is 39.5 Å². The third-order valence-electron chi connectivity index (χ3n) is 19.2. The number of ether oxygens (including phenoxy) is 4. The van der Waals surface area contributed by atoms with Gasteiger partial charge in [-0.25, -0.2) is 9.13 Å². The van der Waals surface area contributed by atoms with Crippen molar-refractivity contribution >= 4 is 39.5 Å². The lowest BCUT2D eigenvalue weighted by molar-refractivity contribution is -0.161. The Morgan fingerprint density at radius 1 is 0.267 bits per heavy atom. The van der Waals surface area contributed by atoms with Gasteiger partial charge in [0.25, 0.3) is 0 Å². The SMILES string of the molecule is CCCCCCCCCCCCCCCCCCCCCC(=O)O[C@H](COC(=O)CCCCCCCCCCCCCCCC(C)C)COP(=O)(O)OC[C@@H](O)COP(=O)(O)OC[C@@H](COC(=O)CCCCCCCCCCC(C)C)OC(=O)CCCCCCCCCCCCCCCCC. The van der Waals surface area contributed by atoms with Crippen molar-refractivity contribution in [2.24, 2.45) is 11.8 Å². The van der Waals surface area contributed by atoms with Crippen LogP contribution in [0, 0.1) is 11.8 Å². The van der Waals surface area contributed by atoms with Gasteiger partial charge in [0.15, 0.2) is 12.2 Å². The zero-order valence-corrected chi connectivity index (χ0v) is 68.0. The van der Waals surface area contributed by atoms with Crippen LogP contribution in [0.5, 0.6) is 0 Å². The first-order chi connectivity index (χ1) is 48.9. The number of unbranched alkanes of at least 4 members (excludes halogenated alkanes) is 51. The predicted octanol–water partition coefficient (Wildman–Crippen LogP) is 24.7. The lowest BCUT2D eigenvalue weighted by Crippen LogP contribution is -2.30. The second-order valence-electron chi connectivity index (χ2n) is 30.5. The van der Waals surface area contributed by atoms with E-state index in [-0.39, 0.29) is 25.7 Å². The number of carbonyl (C=O) groups excluding carboxylic acids is 4. The molecule has 0 aliphatic carbocycles. The molecule has 2 unspecified atom stereocenters. The van der Waals surface area contributed by atoms with Crippen LogP contribution in [-0.2, 0) is 65.4 Å². The van der Waals surface area contributed by atoms with Crippen LogP contribution < -0.4 is 0 Å². The van der Waals surface area contributed by atoms with E-state index in [9.17, 15) is 43.2 Å². The van der Waals surface area contributed by atoms with Crippen molar-refractivity contribution in [2.45, 2.75) is 452 Å². The Morgan fingerprint density at radius 3 is 0.673 bits per heavy atom. The minimum Gasteiger partial charge on any atom is -0.462 e. The van der Waals surface area contributed by atoms with E-state index >= 15 is 0 Å². The highest BCUT2D eigenvalue weighted by Crippen LogP contribution is 2.45. The maximum absolute atomic E-state index is 13.1. The zero-order chi connectivity index (χ0) is 74.2. The van der Waals surface area contributed by atoms with Gasteiger partial charge in [0.05, 0.1) is 26.4 Å². The van der Waals surface area contributed by atoms with Gasteiger partial charge in [-0.2, -0.15) is 0 Å². The Morgan fingerprint density at radius 2 is 0.455 bits per heavy atom. The van der Waals surface area contributed by atoms with E-state index in [2.05, 4.69) is 41.5 Å². The van der Waals surface area contributed by atoms with E-state index in [0.29, 0.717) is 25.7 Å². The third-order valence-corrected chi connectivity index (χ3v) is 21.1. The van der Waals surface area contributed by atoms with Crippen LogP contribution in [0.25, 0.3) is 0 Å². The van der Waals surface area contributed by atoms with E-state index < -0.39 is 97.5 Å². The fourth-order valence-corrected chi connectivity index (χ4v) is 14.3. The number of aliphatic hydroxyl groups excluding tert-OH is 1. The van der Waals surface area contributed by atoms with E-state index in [1.807, 2.05) is 0 Å². The van der Waals surface area contributed by atoms with Gasteiger partial charge in [0, 0.05) is 25.7 Å². The molecule has 3 N–H and O–H groups in total. The standard InChI is InChI=1S/C82H160O17P2/c1-7-9-11-13-15-17-19-21-23-24-25-26-28-32-37-41-49-55-61-67-81(86)98-77(70-92-79(84)64-58-52-46-39-35-33-29-30-34-38-44-50-56-62-74(3)4)72-96-100(88,89)94-68-76(83)69-95-101(90,91)97-73-78(71-93-80(85)65-59-53-47-43-42-45-51-57-63-75(5)6)99-82(87)66-60-54-48-40-36-31-27-22-20-18-16-14-12-10-8-2/h74-78,83H,7-73H2,1-6H3,(H,88,89)(H,90,91)/t76-,77-,78-/m1/s1. The van der Waals surface area contributed by atoms with Crippen LogP contribution in [0.4, 0.5) is 0 Å². The second-order valence-corrected chi connectivity index (χ2v) is 33.4. The monoisotopic (exact) mass is 1480 g/mol. The molecule has 0 saturated carbocycles. The Hall–Kier alpha value is -1.94. The van der Waals surface area contributed by atoms with Crippen molar-refractivity contribution in [1.82, 2.24) is 0 Å². The molecule has 0 aromatic carbocycles. The van der Waals surface area contributed by atoms with Crippen molar-refractivity contribution in [3.8, 4) is 0 Å². The van der Waals surface area contributed by atoms with Gasteiger partial charge in [-0.05, 0) is 37.5 Å². The minimum atomic E-state index is -4.96. The molecule has 101 heavy (non-hydrogen) atoms. The van der Waals surface area contributed by atoms with E-state index in [0.717, 1.165) is 102 Å². The van der Waals surface area contributed by atoms with E-state index in [4.69, 9.17) is 37.0 Å². The number of hydrogen-bond acceptors (Lipinski definition) is 15. The zero-order valence-electron chi connectivity index (χ0n) is 66.2. The van der Waals surface area contributed by atoms with Crippen LogP contribution in [-0.4, -0.2) is 96.7 Å². The predicted molar refractivity (Wildman–Crippen MR) is 414 cm³/mol. The highest BCUT2D eigenvalue weighted by Gasteiger charge is 2.30. The number of hydrogen-bond donors (Lipinski definition) is 3. The summed E-state index contributed by atoms with van der Waals surface area (Å²) < 4.78 is 68.8. The number of rotatable bonds is 81. The first kappa shape index (κ1) is 99.1. The molecule has 0 aliphatic heterocycles. The summed E-state index contributed by atoms with van der Waals surface area (Å²) in [6.07, 6.45) is 63.8. The van der Waals surface area contributed by atoms with Crippen molar-refractivity contribution in [3.05, 3.63) is 0 Å². The number of carbonyl (C=O) groups is 4. The number of phosphoric ester groups is 2. The average Bonchev–Trinajstić information content (AvgIpc) is 0.966. The normalized spacial score (nSPS) is 13.9. The van der Waals surface area contributed by atoms with Crippen molar-refractivity contribution < 1.29 is 80.2 Å². The quantitative estimate of drug-likeness (QED) is 0.0222. The molecular weight excluding hydrogens is 1320 g/mol. The number of phosphoric acid groups is 2. The van der Waals surface area contributed by atoms with E-state index in [1.54, 1.807) is 0 Å². The molecule has 0 aromatic rings. The van der Waals surface area contributed by atoms with Crippen LogP contribution in [0.3, 0.4) is 0 Å². The highest BCUT2D eigenvalue weighted by atomic mass is 31.2. The van der Waals surface area contributed by atoms with Crippen LogP contribution >= 0.6 is 15.6 Å². The Bertz CT molecular complexity index is 1940. The van der Waals surface area contributed by atoms with Crippen LogP contribution in [0.2, 0.25) is 0 Å². The lowest BCUT2D eigenvalue weighted by Gasteiger charge is -2.21. The van der Waals surface area contributed by atoms with Crippen LogP contribution in [0.15, 0.2) is 0 Å². The first-order valence-corrected chi connectivity index (χ1v) is 45.5. The van der Waals surface area contributed by atoms with E-state index in [1.165, 1.54) is 250 Å². The Labute approximate surface area is 619 Å². The first-order valence-electron chi connectivity index (χ1n) is 42.5. The number of esters is 4. The van der Waals surface area contributed by atoms with Gasteiger partial charge < -0.3 is 33.8 Å². The van der Waals surface area contributed by atoms with Gasteiger partial charge in [0.1, 0.15) is 19.3 Å². The molecular formula is C82H160O17P2. The topological polar surface area (TPSA) is 237 Å². The molecule has 0 fully saturated rings. The van der Waals surface area contributed by atoms with Crippen molar-refractivity contribution in [2.75, 3.05) is 39.6 Å². The maximum atomic E-state index is 13.1. The van der Waals surface area contributed by atoms with Gasteiger partial charge in [0.2, 0.25) is 0 Å². The Kier molecular flexibility index (Phi) is 72.2. The second kappa shape index (κ2) is 73.6. The fourth-order valence-electron chi connectivity index (χ4n) is 12.7. The van der Waals surface area contributed by atoms with Crippen molar-refractivity contribution in [3.63, 3.8) is 0 Å². The molecule has 0 heterocycles. The molecule has 0 radical (unpaired) electrons. The summed E-state index contributed by atoms with van der Waals surface area (Å²) in [4.78, 5) is 73.1. The van der Waals surface area contributed by atoms with Gasteiger partial charge in [-0.15, -0.1) is 0 Å². The third kappa shape index (κ3) is 76.1.